The van der Waals surface area contributed by atoms with Gasteiger partial charge in [-0.15, -0.1) is 0 Å². The second kappa shape index (κ2) is 19.8. The highest BCUT2D eigenvalue weighted by Crippen LogP contribution is 2.20. The molecular weight excluding hydrogens is 631 g/mol. The molecule has 0 spiro atoms. The van der Waals surface area contributed by atoms with Crippen molar-refractivity contribution >= 4 is 32.1 Å². The standard InChI is InChI=1S/C13H11NO3.C11H13NO3S.C9H6O3.CH3F/c14-7-1-2-8-16-11-5-3-10-4-6-13(15)17-12(10)9-11;1-10-4-6-11(7-5-10)16(13,14)15-9-3-8-12-2;10-7-3-1-6-2-4-9(11)12-8(6)5-7;1-2/h3-6,9H,1-2,8H2;4-7H,3,8-9H2,1H3;1-5,10H;1H3/i;;;1D. The van der Waals surface area contributed by atoms with Gasteiger partial charge in [0.25, 0.3) is 10.1 Å². The molecule has 47 heavy (non-hydrogen) atoms. The average molecular weight is 666 g/mol. The maximum absolute atomic E-state index is 11.6. The summed E-state index contributed by atoms with van der Waals surface area (Å²) in [6, 6.07) is 24.6. The van der Waals surface area contributed by atoms with Gasteiger partial charge in [0.15, 0.2) is 0 Å². The van der Waals surface area contributed by atoms with Crippen molar-refractivity contribution < 1.29 is 37.0 Å². The van der Waals surface area contributed by atoms with Crippen LogP contribution in [-0.2, 0) is 14.3 Å². The zero-order valence-corrected chi connectivity index (χ0v) is 26.2. The van der Waals surface area contributed by atoms with Crippen LogP contribution in [0.3, 0.4) is 0 Å². The SMILES string of the molecule is N#CCCCOc1ccc2ccc(=O)oc2c1.O=c1ccc2ccc(O)cc2o1.[2H]CF.[C-]#[N+]CCCOS(=O)(=O)c1ccc(C)cc1. The Morgan fingerprint density at radius 3 is 2.09 bits per heavy atom. The Labute approximate surface area is 272 Å². The van der Waals surface area contributed by atoms with Crippen LogP contribution in [0.25, 0.3) is 26.8 Å². The number of hydrogen-bond acceptors (Lipinski definition) is 10. The van der Waals surface area contributed by atoms with Crippen molar-refractivity contribution in [2.24, 2.45) is 0 Å². The minimum absolute atomic E-state index is 0.0542. The van der Waals surface area contributed by atoms with Crippen molar-refractivity contribution in [2.75, 3.05) is 26.9 Å². The smallest absolute Gasteiger partial charge is 0.336 e. The lowest BCUT2D eigenvalue weighted by Gasteiger charge is -2.05. The van der Waals surface area contributed by atoms with Gasteiger partial charge in [0.2, 0.25) is 6.54 Å². The van der Waals surface area contributed by atoms with E-state index in [1.807, 2.05) is 19.1 Å². The Balaban J connectivity index is 0.000000243. The van der Waals surface area contributed by atoms with Gasteiger partial charge in [-0.2, -0.15) is 13.7 Å². The number of phenols is 1. The number of alkyl halides is 1. The molecular formula is C34H33FN2O9S. The highest BCUT2D eigenvalue weighted by atomic mass is 32.2. The van der Waals surface area contributed by atoms with Crippen LogP contribution < -0.4 is 16.0 Å². The zero-order valence-electron chi connectivity index (χ0n) is 26.4. The third-order valence-corrected chi connectivity index (χ3v) is 7.19. The summed E-state index contributed by atoms with van der Waals surface area (Å²) in [6.45, 7) is 9.24. The van der Waals surface area contributed by atoms with E-state index in [9.17, 15) is 22.4 Å². The fraction of sp³-hybridized carbons (Fsp3) is 0.235. The Hall–Kier alpha value is -5.50. The number of unbranched alkanes of at least 4 members (excludes halogenated alkanes) is 1. The Kier molecular flexibility index (Phi) is 15.2. The molecule has 0 atom stereocenters. The van der Waals surface area contributed by atoms with E-state index < -0.39 is 22.9 Å². The molecule has 5 rings (SSSR count). The lowest BCUT2D eigenvalue weighted by Crippen LogP contribution is -2.08. The number of ether oxygens (including phenoxy) is 1. The Morgan fingerprint density at radius 2 is 1.49 bits per heavy atom. The first-order valence-corrected chi connectivity index (χ1v) is 15.3. The van der Waals surface area contributed by atoms with Crippen molar-refractivity contribution in [3.05, 3.63) is 123 Å². The summed E-state index contributed by atoms with van der Waals surface area (Å²) in [5.41, 5.74) is 1.12. The highest BCUT2D eigenvalue weighted by Gasteiger charge is 2.14. The minimum atomic E-state index is -3.66. The first-order chi connectivity index (χ1) is 23.0. The van der Waals surface area contributed by atoms with E-state index in [1.54, 1.807) is 42.5 Å². The van der Waals surface area contributed by atoms with Crippen molar-refractivity contribution in [3.8, 4) is 17.6 Å². The Bertz CT molecular complexity index is 2050. The molecule has 2 heterocycles. The summed E-state index contributed by atoms with van der Waals surface area (Å²) in [7, 11) is -4.66. The molecule has 0 saturated heterocycles. The first-order valence-electron chi connectivity index (χ1n) is 14.6. The van der Waals surface area contributed by atoms with E-state index >= 15 is 0 Å². The number of nitrogens with zero attached hydrogens (tertiary/aromatic N) is 2. The van der Waals surface area contributed by atoms with Crippen LogP contribution in [0, 0.1) is 24.8 Å². The number of nitriles is 1. The molecule has 0 aliphatic carbocycles. The van der Waals surface area contributed by atoms with Crippen molar-refractivity contribution in [3.63, 3.8) is 0 Å². The van der Waals surface area contributed by atoms with Gasteiger partial charge in [0.05, 0.1) is 32.7 Å². The van der Waals surface area contributed by atoms with Crippen molar-refractivity contribution in [1.82, 2.24) is 0 Å². The molecule has 0 amide bonds. The van der Waals surface area contributed by atoms with Crippen LogP contribution in [0.2, 0.25) is 0 Å². The molecule has 0 unspecified atom stereocenters. The number of aryl methyl sites for hydroxylation is 1. The summed E-state index contributed by atoms with van der Waals surface area (Å²) in [5, 5.41) is 19.1. The van der Waals surface area contributed by atoms with Gasteiger partial charge >= 0.3 is 11.3 Å². The normalized spacial score (nSPS) is 10.4. The van der Waals surface area contributed by atoms with Crippen molar-refractivity contribution in [1.29, 1.82) is 5.26 Å². The lowest BCUT2D eigenvalue weighted by atomic mass is 10.2. The van der Waals surface area contributed by atoms with E-state index in [-0.39, 0.29) is 29.4 Å². The molecule has 1 N–H and O–H groups in total. The van der Waals surface area contributed by atoms with Crippen LogP contribution in [0.4, 0.5) is 4.39 Å². The van der Waals surface area contributed by atoms with Gasteiger partial charge in [0.1, 0.15) is 22.7 Å². The van der Waals surface area contributed by atoms with Gasteiger partial charge in [-0.1, -0.05) is 17.7 Å². The molecule has 0 aliphatic heterocycles. The second-order valence-electron chi connectivity index (χ2n) is 9.37. The predicted octanol–water partition coefficient (Wildman–Crippen LogP) is 6.57. The minimum Gasteiger partial charge on any atom is -0.508 e. The zero-order chi connectivity index (χ0) is 35.4. The molecule has 0 saturated carbocycles. The first kappa shape index (κ1) is 36.0. The van der Waals surface area contributed by atoms with E-state index in [1.165, 1.54) is 30.3 Å². The molecule has 5 aromatic rings. The number of aromatic hydroxyl groups is 1. The van der Waals surface area contributed by atoms with Crippen LogP contribution in [0.5, 0.6) is 11.5 Å². The number of hydrogen-bond donors (Lipinski definition) is 1. The molecule has 0 aliphatic rings. The summed E-state index contributed by atoms with van der Waals surface area (Å²) >= 11 is 0. The largest absolute Gasteiger partial charge is 0.508 e. The van der Waals surface area contributed by atoms with Gasteiger partial charge in [-0.05, 0) is 61.9 Å². The van der Waals surface area contributed by atoms with E-state index in [2.05, 4.69) is 10.9 Å². The molecule has 0 fully saturated rings. The van der Waals surface area contributed by atoms with Crippen LogP contribution in [-0.4, -0.2) is 40.4 Å². The number of halogens is 1. The molecule has 3 aromatic carbocycles. The highest BCUT2D eigenvalue weighted by molar-refractivity contribution is 7.86. The van der Waals surface area contributed by atoms with Gasteiger partial charge in [-0.25, -0.2) is 16.2 Å². The van der Waals surface area contributed by atoms with Gasteiger partial charge < -0.3 is 23.5 Å². The second-order valence-corrected chi connectivity index (χ2v) is 11.0. The fourth-order valence-corrected chi connectivity index (χ4v) is 4.55. The summed E-state index contributed by atoms with van der Waals surface area (Å²) in [6.07, 6.45) is 1.59. The number of benzene rings is 3. The molecule has 11 nitrogen and oxygen atoms in total. The van der Waals surface area contributed by atoms with Gasteiger partial charge in [-0.3, -0.25) is 8.57 Å². The number of fused-ring (bicyclic) bond motifs is 2. The molecule has 0 radical (unpaired) electrons. The molecule has 13 heteroatoms. The number of rotatable bonds is 9. The van der Waals surface area contributed by atoms with E-state index in [0.717, 1.165) is 16.3 Å². The van der Waals surface area contributed by atoms with Crippen molar-refractivity contribution in [2.45, 2.75) is 31.1 Å². The molecule has 246 valence electrons. The predicted molar refractivity (Wildman–Crippen MR) is 174 cm³/mol. The van der Waals surface area contributed by atoms with Gasteiger partial charge in [0, 0.05) is 47.9 Å². The maximum Gasteiger partial charge on any atom is 0.336 e. The quantitative estimate of drug-likeness (QED) is 0.0789. The third kappa shape index (κ3) is 13.2. The van der Waals surface area contributed by atoms with E-state index in [4.69, 9.17) is 36.1 Å². The third-order valence-electron chi connectivity index (χ3n) is 5.87. The fourth-order valence-electron chi connectivity index (χ4n) is 3.61. The Morgan fingerprint density at radius 1 is 0.915 bits per heavy atom. The topological polar surface area (TPSA) is 161 Å². The summed E-state index contributed by atoms with van der Waals surface area (Å²) < 4.78 is 58.8. The molecule has 0 bridgehead atoms. The van der Waals surface area contributed by atoms with Crippen LogP contribution >= 0.6 is 0 Å². The monoisotopic (exact) mass is 665 g/mol. The van der Waals surface area contributed by atoms with E-state index in [0.29, 0.717) is 42.8 Å². The summed E-state index contributed by atoms with van der Waals surface area (Å²) in [5.74, 6) is 0.738. The van der Waals surface area contributed by atoms with Crippen LogP contribution in [0.1, 0.15) is 26.2 Å². The maximum atomic E-state index is 11.6. The number of phenolic OH excluding ortho intramolecular Hbond substituents is 1. The van der Waals surface area contributed by atoms with Crippen LogP contribution in [0.15, 0.2) is 108 Å². The average Bonchev–Trinajstić information content (AvgIpc) is 3.06. The lowest BCUT2D eigenvalue weighted by molar-refractivity contribution is 0.312. The summed E-state index contributed by atoms with van der Waals surface area (Å²) in [4.78, 5) is 25.1. The molecule has 2 aromatic heterocycles.